The molecule has 2 saturated heterocycles. The number of rotatable bonds is 7. The quantitative estimate of drug-likeness (QED) is 0.473. The van der Waals surface area contributed by atoms with Crippen LogP contribution in [0.15, 0.2) is 35.1 Å². The molecule has 39 heavy (non-hydrogen) atoms. The maximum absolute atomic E-state index is 14.3. The lowest BCUT2D eigenvalue weighted by Gasteiger charge is -2.31. The first kappa shape index (κ1) is 26.9. The van der Waals surface area contributed by atoms with E-state index in [4.69, 9.17) is 19.7 Å². The topological polar surface area (TPSA) is 133 Å². The normalized spacial score (nSPS) is 20.2. The molecule has 0 aliphatic carbocycles. The Bertz CT molecular complexity index is 1280. The molecule has 0 spiro atoms. The van der Waals surface area contributed by atoms with Crippen LogP contribution in [0.25, 0.3) is 11.5 Å². The zero-order valence-electron chi connectivity index (χ0n) is 21.8. The van der Waals surface area contributed by atoms with E-state index < -0.39 is 11.6 Å². The van der Waals surface area contributed by atoms with Crippen molar-refractivity contribution in [3.63, 3.8) is 0 Å². The van der Waals surface area contributed by atoms with Crippen LogP contribution < -0.4 is 10.6 Å². The van der Waals surface area contributed by atoms with Crippen molar-refractivity contribution in [1.82, 2.24) is 25.0 Å². The van der Waals surface area contributed by atoms with Crippen LogP contribution in [-0.4, -0.2) is 75.5 Å². The van der Waals surface area contributed by atoms with Crippen molar-refractivity contribution < 1.29 is 27.6 Å². The minimum atomic E-state index is -0.625. The van der Waals surface area contributed by atoms with Gasteiger partial charge in [-0.3, -0.25) is 0 Å². The van der Waals surface area contributed by atoms with Crippen molar-refractivity contribution in [1.29, 1.82) is 0 Å². The molecule has 13 heteroatoms. The first-order chi connectivity index (χ1) is 18.8. The van der Waals surface area contributed by atoms with Crippen molar-refractivity contribution in [3.8, 4) is 11.5 Å². The number of aromatic nitrogens is 4. The molecule has 0 unspecified atom stereocenters. The molecule has 4 heterocycles. The van der Waals surface area contributed by atoms with Gasteiger partial charge in [0.2, 0.25) is 5.95 Å². The van der Waals surface area contributed by atoms with Gasteiger partial charge >= 0.3 is 6.09 Å². The molecule has 1 amide bonds. The minimum Gasteiger partial charge on any atom is -0.447 e. The predicted molar refractivity (Wildman–Crippen MR) is 136 cm³/mol. The van der Waals surface area contributed by atoms with Crippen LogP contribution in [0.2, 0.25) is 0 Å². The van der Waals surface area contributed by atoms with Crippen LogP contribution in [0, 0.1) is 11.6 Å². The Labute approximate surface area is 224 Å². The highest BCUT2D eigenvalue weighted by atomic mass is 19.1. The number of likely N-dealkylation sites (tertiary alicyclic amines) is 1. The average Bonchev–Trinajstić information content (AvgIpc) is 3.54. The van der Waals surface area contributed by atoms with Crippen LogP contribution in [0.5, 0.6) is 0 Å². The first-order valence-electron chi connectivity index (χ1n) is 12.9. The molecule has 0 bridgehead atoms. The van der Waals surface area contributed by atoms with Gasteiger partial charge in [0.05, 0.1) is 17.8 Å². The van der Waals surface area contributed by atoms with Gasteiger partial charge in [0.25, 0.3) is 5.89 Å². The fourth-order valence-electron chi connectivity index (χ4n) is 4.82. The van der Waals surface area contributed by atoms with Gasteiger partial charge in [-0.05, 0) is 38.3 Å². The van der Waals surface area contributed by atoms with E-state index in [9.17, 15) is 13.6 Å². The van der Waals surface area contributed by atoms with E-state index >= 15 is 0 Å². The Balaban J connectivity index is 1.13. The Morgan fingerprint density at radius 3 is 2.62 bits per heavy atom. The summed E-state index contributed by atoms with van der Waals surface area (Å²) in [7, 11) is 0. The molecule has 2 aromatic heterocycles. The molecule has 1 aromatic carbocycles. The van der Waals surface area contributed by atoms with Gasteiger partial charge in [-0.25, -0.2) is 23.5 Å². The van der Waals surface area contributed by atoms with Gasteiger partial charge in [0.1, 0.15) is 18.2 Å². The smallest absolute Gasteiger partial charge is 0.410 e. The summed E-state index contributed by atoms with van der Waals surface area (Å²) in [6.07, 6.45) is 4.08. The summed E-state index contributed by atoms with van der Waals surface area (Å²) >= 11 is 0. The average molecular weight is 544 g/mol. The molecular formula is C26H31F2N7O4. The van der Waals surface area contributed by atoms with Crippen molar-refractivity contribution >= 4 is 12.0 Å². The number of carbonyl (C=O) groups excluding carboxylic acids is 1. The third-order valence-electron chi connectivity index (χ3n) is 6.85. The molecule has 3 aromatic rings. The molecule has 2 aliphatic rings. The number of nitrogens with zero attached hydrogens (tertiary/aromatic N) is 6. The van der Waals surface area contributed by atoms with Crippen LogP contribution in [0.1, 0.15) is 44.0 Å². The number of hydrogen-bond donors (Lipinski definition) is 1. The van der Waals surface area contributed by atoms with E-state index in [1.165, 1.54) is 12.1 Å². The zero-order valence-corrected chi connectivity index (χ0v) is 21.8. The number of nitrogens with two attached hydrogens (primary N) is 1. The monoisotopic (exact) mass is 543 g/mol. The fraction of sp³-hybridized carbons (Fsp3) is 0.500. The van der Waals surface area contributed by atoms with Crippen LogP contribution in [0.3, 0.4) is 0 Å². The molecule has 0 radical (unpaired) electrons. The number of hydrogen-bond acceptors (Lipinski definition) is 10. The van der Waals surface area contributed by atoms with E-state index in [0.29, 0.717) is 61.9 Å². The number of halogens is 2. The first-order valence-corrected chi connectivity index (χ1v) is 12.9. The van der Waals surface area contributed by atoms with Crippen molar-refractivity contribution in [2.24, 2.45) is 5.73 Å². The number of benzene rings is 1. The lowest BCUT2D eigenvalue weighted by Crippen LogP contribution is -2.41. The second-order valence-corrected chi connectivity index (χ2v) is 10.1. The lowest BCUT2D eigenvalue weighted by atomic mass is 9.94. The summed E-state index contributed by atoms with van der Waals surface area (Å²) in [5.41, 5.74) is 7.18. The maximum Gasteiger partial charge on any atom is 0.410 e. The van der Waals surface area contributed by atoms with Gasteiger partial charge in [-0.15, -0.1) is 0 Å². The summed E-state index contributed by atoms with van der Waals surface area (Å²) in [5.74, 6) is -0.456. The minimum absolute atomic E-state index is 0.0169. The number of anilines is 1. The Morgan fingerprint density at radius 2 is 1.92 bits per heavy atom. The third-order valence-corrected chi connectivity index (χ3v) is 6.85. The van der Waals surface area contributed by atoms with Crippen molar-refractivity contribution in [3.05, 3.63) is 53.6 Å². The molecule has 2 N–H and O–H groups in total. The fourth-order valence-corrected chi connectivity index (χ4v) is 4.82. The third kappa shape index (κ3) is 6.31. The van der Waals surface area contributed by atoms with Crippen LogP contribution in [0.4, 0.5) is 19.5 Å². The molecule has 208 valence electrons. The van der Waals surface area contributed by atoms with Gasteiger partial charge in [0.15, 0.2) is 5.82 Å². The predicted octanol–water partition coefficient (Wildman–Crippen LogP) is 3.26. The van der Waals surface area contributed by atoms with Crippen LogP contribution >= 0.6 is 0 Å². The molecule has 11 nitrogen and oxygen atoms in total. The Kier molecular flexibility index (Phi) is 7.98. The second-order valence-electron chi connectivity index (χ2n) is 10.1. The summed E-state index contributed by atoms with van der Waals surface area (Å²) in [6.45, 7) is 5.80. The van der Waals surface area contributed by atoms with Gasteiger partial charge in [0, 0.05) is 56.6 Å². The number of carbonyl (C=O) groups is 1. The standard InChI is InChI=1S/C26H31F2N7O4/c1-15(2)38-26(36)34-7-5-18(6-8-34)37-14-23-32-24(39-33-23)16-10-30-25(31-11-16)35-12-20(22(29)13-35)19-4-3-17(27)9-21(19)28/h3-4,9-11,15,18,20,22H,5-8,12-14,29H2,1-2H3/t20-,22+/m1/s1. The van der Waals surface area contributed by atoms with Crippen molar-refractivity contribution in [2.75, 3.05) is 31.1 Å². The molecule has 2 aliphatic heterocycles. The molecule has 5 rings (SSSR count). The van der Waals surface area contributed by atoms with E-state index in [1.807, 2.05) is 18.7 Å². The highest BCUT2D eigenvalue weighted by molar-refractivity contribution is 5.67. The van der Waals surface area contributed by atoms with Crippen molar-refractivity contribution in [2.45, 2.75) is 57.5 Å². The highest BCUT2D eigenvalue weighted by Crippen LogP contribution is 2.31. The van der Waals surface area contributed by atoms with E-state index in [2.05, 4.69) is 20.1 Å². The number of piperidine rings is 1. The summed E-state index contributed by atoms with van der Waals surface area (Å²) in [6, 6.07) is 3.19. The SMILES string of the molecule is CC(C)OC(=O)N1CCC(OCc2noc(-c3cnc(N4C[C@H](c5ccc(F)cc5F)[C@@H](N)C4)nc3)n2)CC1. The molecule has 2 atom stereocenters. The molecule has 0 saturated carbocycles. The van der Waals surface area contributed by atoms with E-state index in [1.54, 1.807) is 17.3 Å². The van der Waals surface area contributed by atoms with Gasteiger partial charge in [-0.2, -0.15) is 4.98 Å². The Hall–Kier alpha value is -3.71. The molecular weight excluding hydrogens is 512 g/mol. The number of ether oxygens (including phenoxy) is 2. The number of amides is 1. The molecule has 2 fully saturated rings. The van der Waals surface area contributed by atoms with E-state index in [-0.39, 0.29) is 42.8 Å². The zero-order chi connectivity index (χ0) is 27.5. The summed E-state index contributed by atoms with van der Waals surface area (Å²) in [5, 5.41) is 3.98. The largest absolute Gasteiger partial charge is 0.447 e. The summed E-state index contributed by atoms with van der Waals surface area (Å²) < 4.78 is 44.1. The van der Waals surface area contributed by atoms with Gasteiger partial charge in [-0.1, -0.05) is 11.2 Å². The maximum atomic E-state index is 14.3. The second kappa shape index (κ2) is 11.6. The summed E-state index contributed by atoms with van der Waals surface area (Å²) in [4.78, 5) is 28.8. The van der Waals surface area contributed by atoms with Gasteiger partial charge < -0.3 is 29.5 Å². The van der Waals surface area contributed by atoms with E-state index in [0.717, 1.165) is 6.07 Å². The highest BCUT2D eigenvalue weighted by Gasteiger charge is 2.34. The lowest BCUT2D eigenvalue weighted by molar-refractivity contribution is -0.00899. The van der Waals surface area contributed by atoms with Crippen LogP contribution in [-0.2, 0) is 16.1 Å². The Morgan fingerprint density at radius 1 is 1.18 bits per heavy atom.